The lowest BCUT2D eigenvalue weighted by atomic mass is 10.1. The van der Waals surface area contributed by atoms with Gasteiger partial charge in [0.25, 0.3) is 0 Å². The van der Waals surface area contributed by atoms with E-state index < -0.39 is 0 Å². The van der Waals surface area contributed by atoms with E-state index in [2.05, 4.69) is 12.2 Å². The average molecular weight is 157 g/mol. The van der Waals surface area contributed by atoms with Crippen LogP contribution >= 0.6 is 0 Å². The molecule has 1 rings (SSSR count). The van der Waals surface area contributed by atoms with Crippen LogP contribution in [0.2, 0.25) is 0 Å². The van der Waals surface area contributed by atoms with E-state index in [-0.39, 0.29) is 18.6 Å². The van der Waals surface area contributed by atoms with Crippen LogP contribution in [0.1, 0.15) is 26.2 Å². The minimum Gasteiger partial charge on any atom is -0.370 e. The molecule has 11 heavy (non-hydrogen) atoms. The number of carbonyl (C=O) groups excluding carboxylic acids is 1. The van der Waals surface area contributed by atoms with E-state index in [1.54, 1.807) is 0 Å². The van der Waals surface area contributed by atoms with Crippen molar-refractivity contribution in [1.82, 2.24) is 5.32 Å². The number of hydrogen-bond acceptors (Lipinski definition) is 2. The van der Waals surface area contributed by atoms with Gasteiger partial charge in [0.2, 0.25) is 5.91 Å². The molecule has 3 heteroatoms. The molecule has 1 fully saturated rings. The number of rotatable bonds is 3. The van der Waals surface area contributed by atoms with Crippen LogP contribution in [-0.2, 0) is 9.53 Å². The standard InChI is InChI=1S/C8H15NO2/c1-2-3-4-7-5-11-6-8(10)9-7/h7H,2-6H2,1H3,(H,9,10)/t7-/m0/s1. The molecule has 0 aromatic rings. The third-order valence-electron chi connectivity index (χ3n) is 1.82. The van der Waals surface area contributed by atoms with Crippen LogP contribution < -0.4 is 5.32 Å². The monoisotopic (exact) mass is 157 g/mol. The number of nitrogens with one attached hydrogen (secondary N) is 1. The van der Waals surface area contributed by atoms with Gasteiger partial charge in [-0.1, -0.05) is 19.8 Å². The first-order valence-electron chi connectivity index (χ1n) is 4.20. The Morgan fingerprint density at radius 3 is 3.18 bits per heavy atom. The Balaban J connectivity index is 2.17. The molecule has 0 radical (unpaired) electrons. The van der Waals surface area contributed by atoms with Gasteiger partial charge in [0.1, 0.15) is 6.61 Å². The van der Waals surface area contributed by atoms with Crippen LogP contribution in [0, 0.1) is 0 Å². The number of hydrogen-bond donors (Lipinski definition) is 1. The fraction of sp³-hybridized carbons (Fsp3) is 0.875. The van der Waals surface area contributed by atoms with Gasteiger partial charge in [0.15, 0.2) is 0 Å². The highest BCUT2D eigenvalue weighted by atomic mass is 16.5. The Morgan fingerprint density at radius 1 is 1.73 bits per heavy atom. The summed E-state index contributed by atoms with van der Waals surface area (Å²) in [5.74, 6) is 0.0253. The molecule has 0 bridgehead atoms. The summed E-state index contributed by atoms with van der Waals surface area (Å²) in [6.07, 6.45) is 3.38. The predicted molar refractivity (Wildman–Crippen MR) is 42.3 cm³/mol. The molecule has 0 spiro atoms. The average Bonchev–Trinajstić information content (AvgIpc) is 2.01. The summed E-state index contributed by atoms with van der Waals surface area (Å²) in [5, 5.41) is 2.89. The Hall–Kier alpha value is -0.570. The fourth-order valence-electron chi connectivity index (χ4n) is 1.21. The van der Waals surface area contributed by atoms with Crippen LogP contribution in [0.15, 0.2) is 0 Å². The molecule has 64 valence electrons. The lowest BCUT2D eigenvalue weighted by Crippen LogP contribution is -2.45. The van der Waals surface area contributed by atoms with Gasteiger partial charge in [-0.25, -0.2) is 0 Å². The zero-order valence-corrected chi connectivity index (χ0v) is 6.93. The van der Waals surface area contributed by atoms with E-state index in [9.17, 15) is 4.79 Å². The van der Waals surface area contributed by atoms with Gasteiger partial charge >= 0.3 is 0 Å². The number of carbonyl (C=O) groups is 1. The molecule has 3 nitrogen and oxygen atoms in total. The van der Waals surface area contributed by atoms with Gasteiger partial charge in [-0.05, 0) is 6.42 Å². The molecule has 1 aliphatic heterocycles. The molecule has 0 aromatic heterocycles. The summed E-state index contributed by atoms with van der Waals surface area (Å²) in [6, 6.07) is 0.260. The van der Waals surface area contributed by atoms with Crippen molar-refractivity contribution >= 4 is 5.91 Å². The van der Waals surface area contributed by atoms with Crippen LogP contribution in [-0.4, -0.2) is 25.2 Å². The molecule has 1 atom stereocenters. The molecular formula is C8H15NO2. The second-order valence-electron chi connectivity index (χ2n) is 2.92. The smallest absolute Gasteiger partial charge is 0.246 e. The third-order valence-corrected chi connectivity index (χ3v) is 1.82. The van der Waals surface area contributed by atoms with Gasteiger partial charge in [-0.3, -0.25) is 4.79 Å². The maximum Gasteiger partial charge on any atom is 0.246 e. The van der Waals surface area contributed by atoms with Crippen molar-refractivity contribution in [3.05, 3.63) is 0 Å². The maximum atomic E-state index is 10.8. The van der Waals surface area contributed by atoms with Crippen LogP contribution in [0.3, 0.4) is 0 Å². The lowest BCUT2D eigenvalue weighted by Gasteiger charge is -2.22. The van der Waals surface area contributed by atoms with E-state index >= 15 is 0 Å². The molecule has 1 amide bonds. The molecule has 0 aliphatic carbocycles. The van der Waals surface area contributed by atoms with Gasteiger partial charge in [0, 0.05) is 0 Å². The van der Waals surface area contributed by atoms with E-state index in [1.165, 1.54) is 6.42 Å². The first-order chi connectivity index (χ1) is 5.33. The Morgan fingerprint density at radius 2 is 2.55 bits per heavy atom. The van der Waals surface area contributed by atoms with Gasteiger partial charge in [-0.2, -0.15) is 0 Å². The number of unbranched alkanes of at least 4 members (excludes halogenated alkanes) is 1. The normalized spacial score (nSPS) is 24.8. The molecule has 1 heterocycles. The van der Waals surface area contributed by atoms with Crippen molar-refractivity contribution in [3.8, 4) is 0 Å². The van der Waals surface area contributed by atoms with Crippen molar-refractivity contribution in [2.24, 2.45) is 0 Å². The molecule has 0 unspecified atom stereocenters. The minimum absolute atomic E-state index is 0.0253. The van der Waals surface area contributed by atoms with E-state index in [1.807, 2.05) is 0 Å². The van der Waals surface area contributed by atoms with Crippen molar-refractivity contribution in [2.75, 3.05) is 13.2 Å². The number of amides is 1. The molecule has 1 saturated heterocycles. The summed E-state index contributed by atoms with van der Waals surface area (Å²) in [5.41, 5.74) is 0. The zero-order valence-electron chi connectivity index (χ0n) is 6.93. The van der Waals surface area contributed by atoms with Crippen molar-refractivity contribution < 1.29 is 9.53 Å². The molecule has 0 saturated carbocycles. The van der Waals surface area contributed by atoms with Gasteiger partial charge < -0.3 is 10.1 Å². The summed E-state index contributed by atoms with van der Waals surface area (Å²) < 4.78 is 5.08. The van der Waals surface area contributed by atoms with E-state index in [4.69, 9.17) is 4.74 Å². The predicted octanol–water partition coefficient (Wildman–Crippen LogP) is 0.692. The minimum atomic E-state index is 0.0253. The van der Waals surface area contributed by atoms with Crippen LogP contribution in [0.4, 0.5) is 0 Å². The second kappa shape index (κ2) is 4.34. The zero-order chi connectivity index (χ0) is 8.10. The number of morpholine rings is 1. The number of ether oxygens (including phenoxy) is 1. The maximum absolute atomic E-state index is 10.8. The highest BCUT2D eigenvalue weighted by Crippen LogP contribution is 2.03. The third kappa shape index (κ3) is 2.89. The molecule has 0 aromatic carbocycles. The largest absolute Gasteiger partial charge is 0.370 e. The Bertz CT molecular complexity index is 136. The first kappa shape index (κ1) is 8.53. The van der Waals surface area contributed by atoms with E-state index in [0.717, 1.165) is 12.8 Å². The highest BCUT2D eigenvalue weighted by molar-refractivity contribution is 5.78. The fourth-order valence-corrected chi connectivity index (χ4v) is 1.21. The molecule has 1 N–H and O–H groups in total. The topological polar surface area (TPSA) is 38.3 Å². The van der Waals surface area contributed by atoms with Crippen LogP contribution in [0.5, 0.6) is 0 Å². The van der Waals surface area contributed by atoms with Gasteiger partial charge in [0.05, 0.1) is 12.6 Å². The van der Waals surface area contributed by atoms with Gasteiger partial charge in [-0.15, -0.1) is 0 Å². The SMILES string of the molecule is CCCC[C@H]1COCC(=O)N1. The first-order valence-corrected chi connectivity index (χ1v) is 4.20. The Labute approximate surface area is 67.1 Å². The Kier molecular flexibility index (Phi) is 3.36. The molecule has 1 aliphatic rings. The summed E-state index contributed by atoms with van der Waals surface area (Å²) >= 11 is 0. The van der Waals surface area contributed by atoms with Crippen LogP contribution in [0.25, 0.3) is 0 Å². The quantitative estimate of drug-likeness (QED) is 0.654. The summed E-state index contributed by atoms with van der Waals surface area (Å²) in [4.78, 5) is 10.8. The highest BCUT2D eigenvalue weighted by Gasteiger charge is 2.17. The lowest BCUT2D eigenvalue weighted by molar-refractivity contribution is -0.131. The molecular weight excluding hydrogens is 142 g/mol. The second-order valence-corrected chi connectivity index (χ2v) is 2.92. The summed E-state index contributed by atoms with van der Waals surface area (Å²) in [6.45, 7) is 3.07. The van der Waals surface area contributed by atoms with E-state index in [0.29, 0.717) is 6.61 Å². The van der Waals surface area contributed by atoms with Crippen molar-refractivity contribution in [2.45, 2.75) is 32.2 Å². The van der Waals surface area contributed by atoms with Crippen molar-refractivity contribution in [1.29, 1.82) is 0 Å². The van der Waals surface area contributed by atoms with Crippen molar-refractivity contribution in [3.63, 3.8) is 0 Å². The summed E-state index contributed by atoms with van der Waals surface area (Å²) in [7, 11) is 0.